The van der Waals surface area contributed by atoms with Gasteiger partial charge in [-0.3, -0.25) is 0 Å². The van der Waals surface area contributed by atoms with Crippen LogP contribution in [0, 0.1) is 0 Å². The van der Waals surface area contributed by atoms with Gasteiger partial charge in [0.1, 0.15) is 0 Å². The summed E-state index contributed by atoms with van der Waals surface area (Å²) in [5, 5.41) is 0.651. The van der Waals surface area contributed by atoms with Gasteiger partial charge in [-0.2, -0.15) is 0 Å². The number of fused-ring (bicyclic) bond motifs is 1. The molecule has 0 unspecified atom stereocenters. The average molecular weight is 182 g/mol. The molecule has 1 aromatic heterocycles. The Balaban J connectivity index is 2.68. The number of nitrogen functional groups attached to an aromatic ring is 1. The second kappa shape index (κ2) is 2.73. The monoisotopic (exact) mass is 182 g/mol. The Morgan fingerprint density at radius 1 is 1.31 bits per heavy atom. The molecule has 0 atom stereocenters. The number of rotatable bonds is 1. The molecule has 0 aliphatic rings. The number of halogens is 2. The third-order valence-electron chi connectivity index (χ3n) is 1.95. The molecule has 1 aromatic carbocycles. The van der Waals surface area contributed by atoms with Crippen LogP contribution < -0.4 is 5.73 Å². The highest BCUT2D eigenvalue weighted by Crippen LogP contribution is 2.26. The molecule has 0 bridgehead atoms. The number of alkyl halides is 2. The highest BCUT2D eigenvalue weighted by atomic mass is 19.3. The van der Waals surface area contributed by atoms with Gasteiger partial charge in [-0.25, -0.2) is 8.78 Å². The highest BCUT2D eigenvalue weighted by molar-refractivity contribution is 5.91. The van der Waals surface area contributed by atoms with Gasteiger partial charge < -0.3 is 10.7 Å². The van der Waals surface area contributed by atoms with Crippen molar-refractivity contribution in [2.45, 2.75) is 6.43 Å². The van der Waals surface area contributed by atoms with E-state index in [2.05, 4.69) is 4.98 Å². The van der Waals surface area contributed by atoms with Gasteiger partial charge in [0.05, 0.1) is 5.69 Å². The fraction of sp³-hybridized carbons (Fsp3) is 0.111. The van der Waals surface area contributed by atoms with Gasteiger partial charge in [-0.15, -0.1) is 0 Å². The molecule has 0 radical (unpaired) electrons. The second-order valence-electron chi connectivity index (χ2n) is 2.83. The van der Waals surface area contributed by atoms with Gasteiger partial charge in [0.15, 0.2) is 0 Å². The van der Waals surface area contributed by atoms with Crippen molar-refractivity contribution in [3.63, 3.8) is 0 Å². The van der Waals surface area contributed by atoms with Gasteiger partial charge >= 0.3 is 0 Å². The van der Waals surface area contributed by atoms with Gasteiger partial charge in [0.25, 0.3) is 6.43 Å². The number of aromatic nitrogens is 1. The summed E-state index contributed by atoms with van der Waals surface area (Å²) in [5.41, 5.74) is 6.68. The number of anilines is 1. The van der Waals surface area contributed by atoms with E-state index in [-0.39, 0.29) is 5.69 Å². The van der Waals surface area contributed by atoms with Crippen molar-refractivity contribution < 1.29 is 8.78 Å². The Morgan fingerprint density at radius 3 is 2.69 bits per heavy atom. The van der Waals surface area contributed by atoms with E-state index in [9.17, 15) is 8.78 Å². The summed E-state index contributed by atoms with van der Waals surface area (Å²) in [4.78, 5) is 2.61. The SMILES string of the molecule is Nc1cccc2[nH]c(C(F)F)cc12. The Bertz CT molecular complexity index is 434. The number of H-pyrrole nitrogens is 1. The summed E-state index contributed by atoms with van der Waals surface area (Å²) >= 11 is 0. The van der Waals surface area contributed by atoms with E-state index in [1.807, 2.05) is 0 Å². The van der Waals surface area contributed by atoms with Crippen LogP contribution in [0.2, 0.25) is 0 Å². The average Bonchev–Trinajstić information content (AvgIpc) is 2.49. The van der Waals surface area contributed by atoms with Crippen molar-refractivity contribution in [2.24, 2.45) is 0 Å². The summed E-state index contributed by atoms with van der Waals surface area (Å²) in [6.45, 7) is 0. The van der Waals surface area contributed by atoms with Crippen LogP contribution in [-0.2, 0) is 0 Å². The molecule has 0 aliphatic carbocycles. The van der Waals surface area contributed by atoms with Crippen LogP contribution in [0.3, 0.4) is 0 Å². The predicted octanol–water partition coefficient (Wildman–Crippen LogP) is 2.69. The van der Waals surface area contributed by atoms with E-state index in [4.69, 9.17) is 5.73 Å². The molecule has 4 heteroatoms. The summed E-state index contributed by atoms with van der Waals surface area (Å²) in [5.74, 6) is 0. The first-order valence-electron chi connectivity index (χ1n) is 3.84. The van der Waals surface area contributed by atoms with Crippen molar-refractivity contribution >= 4 is 16.6 Å². The topological polar surface area (TPSA) is 41.8 Å². The van der Waals surface area contributed by atoms with E-state index in [0.717, 1.165) is 0 Å². The number of hydrogen-bond donors (Lipinski definition) is 2. The molecule has 0 aliphatic heterocycles. The maximum absolute atomic E-state index is 12.3. The molecule has 1 heterocycles. The lowest BCUT2D eigenvalue weighted by molar-refractivity contribution is 0.147. The lowest BCUT2D eigenvalue weighted by Crippen LogP contribution is -1.82. The molecule has 0 fully saturated rings. The first-order chi connectivity index (χ1) is 6.18. The smallest absolute Gasteiger partial charge is 0.278 e. The zero-order valence-corrected chi connectivity index (χ0v) is 6.72. The van der Waals surface area contributed by atoms with Crippen molar-refractivity contribution in [1.29, 1.82) is 0 Å². The second-order valence-corrected chi connectivity index (χ2v) is 2.83. The lowest BCUT2D eigenvalue weighted by Gasteiger charge is -1.92. The van der Waals surface area contributed by atoms with Gasteiger partial charge in [-0.05, 0) is 18.2 Å². The number of aromatic amines is 1. The Kier molecular flexibility index (Phi) is 1.69. The molecule has 0 saturated heterocycles. The van der Waals surface area contributed by atoms with Gasteiger partial charge in [-0.1, -0.05) is 6.07 Å². The number of nitrogens with two attached hydrogens (primary N) is 1. The first-order valence-corrected chi connectivity index (χ1v) is 3.84. The van der Waals surface area contributed by atoms with Gasteiger partial charge in [0, 0.05) is 16.6 Å². The molecular formula is C9H8F2N2. The lowest BCUT2D eigenvalue weighted by atomic mass is 10.2. The minimum Gasteiger partial charge on any atom is -0.398 e. The van der Waals surface area contributed by atoms with E-state index in [0.29, 0.717) is 16.6 Å². The van der Waals surface area contributed by atoms with Crippen molar-refractivity contribution in [3.8, 4) is 0 Å². The largest absolute Gasteiger partial charge is 0.398 e. The third kappa shape index (κ3) is 1.24. The van der Waals surface area contributed by atoms with Crippen LogP contribution in [-0.4, -0.2) is 4.98 Å². The Morgan fingerprint density at radius 2 is 2.08 bits per heavy atom. The van der Waals surface area contributed by atoms with Crippen LogP contribution >= 0.6 is 0 Å². The molecule has 0 amide bonds. The summed E-state index contributed by atoms with van der Waals surface area (Å²) < 4.78 is 24.5. The van der Waals surface area contributed by atoms with Crippen LogP contribution in [0.1, 0.15) is 12.1 Å². The molecule has 68 valence electrons. The van der Waals surface area contributed by atoms with Crippen molar-refractivity contribution in [3.05, 3.63) is 30.0 Å². The standard InChI is InChI=1S/C9H8F2N2/c10-9(11)8-4-5-6(12)2-1-3-7(5)13-8/h1-4,9,13H,12H2. The molecule has 2 rings (SSSR count). The molecule has 3 N–H and O–H groups in total. The fourth-order valence-corrected chi connectivity index (χ4v) is 1.32. The molecule has 2 aromatic rings. The maximum atomic E-state index is 12.3. The third-order valence-corrected chi connectivity index (χ3v) is 1.95. The Labute approximate surface area is 73.4 Å². The number of benzene rings is 1. The zero-order chi connectivity index (χ0) is 9.42. The van der Waals surface area contributed by atoms with Crippen LogP contribution in [0.4, 0.5) is 14.5 Å². The molecule has 0 saturated carbocycles. The zero-order valence-electron chi connectivity index (χ0n) is 6.72. The molecule has 2 nitrogen and oxygen atoms in total. The van der Waals surface area contributed by atoms with E-state index in [1.54, 1.807) is 18.2 Å². The summed E-state index contributed by atoms with van der Waals surface area (Å²) in [6.07, 6.45) is -2.48. The van der Waals surface area contributed by atoms with Crippen molar-refractivity contribution in [2.75, 3.05) is 5.73 Å². The fourth-order valence-electron chi connectivity index (χ4n) is 1.32. The predicted molar refractivity (Wildman–Crippen MR) is 47.7 cm³/mol. The summed E-state index contributed by atoms with van der Waals surface area (Å²) in [7, 11) is 0. The normalized spacial score (nSPS) is 11.3. The van der Waals surface area contributed by atoms with Crippen LogP contribution in [0.25, 0.3) is 10.9 Å². The molecule has 13 heavy (non-hydrogen) atoms. The van der Waals surface area contributed by atoms with Crippen LogP contribution in [0.15, 0.2) is 24.3 Å². The van der Waals surface area contributed by atoms with Crippen molar-refractivity contribution in [1.82, 2.24) is 4.98 Å². The molecule has 0 spiro atoms. The van der Waals surface area contributed by atoms with E-state index >= 15 is 0 Å². The van der Waals surface area contributed by atoms with E-state index < -0.39 is 6.43 Å². The first kappa shape index (κ1) is 8.04. The van der Waals surface area contributed by atoms with Gasteiger partial charge in [0.2, 0.25) is 0 Å². The minimum atomic E-state index is -2.48. The quantitative estimate of drug-likeness (QED) is 0.654. The minimum absolute atomic E-state index is 0.0899. The maximum Gasteiger partial charge on any atom is 0.278 e. The summed E-state index contributed by atoms with van der Waals surface area (Å²) in [6, 6.07) is 6.52. The van der Waals surface area contributed by atoms with E-state index in [1.165, 1.54) is 6.07 Å². The number of nitrogens with one attached hydrogen (secondary N) is 1. The molecular weight excluding hydrogens is 174 g/mol. The van der Waals surface area contributed by atoms with Crippen LogP contribution in [0.5, 0.6) is 0 Å². The Hall–Kier alpha value is -1.58. The highest BCUT2D eigenvalue weighted by Gasteiger charge is 2.10. The number of hydrogen-bond acceptors (Lipinski definition) is 1.